The van der Waals surface area contributed by atoms with Crippen LogP contribution in [0.4, 0.5) is 0 Å². The van der Waals surface area contributed by atoms with Gasteiger partial charge in [0.1, 0.15) is 11.5 Å². The second kappa shape index (κ2) is 3.64. The van der Waals surface area contributed by atoms with E-state index < -0.39 is 0 Å². The van der Waals surface area contributed by atoms with Gasteiger partial charge in [-0.1, -0.05) is 0 Å². The van der Waals surface area contributed by atoms with Gasteiger partial charge in [-0.15, -0.1) is 12.4 Å². The Balaban J connectivity index is 0.000000810. The summed E-state index contributed by atoms with van der Waals surface area (Å²) >= 11 is 0. The average Bonchev–Trinajstić information content (AvgIpc) is 2.14. The molecule has 0 aliphatic carbocycles. The smallest absolute Gasteiger partial charge is 0.120 e. The van der Waals surface area contributed by atoms with E-state index in [1.165, 1.54) is 0 Å². The van der Waals surface area contributed by atoms with Gasteiger partial charge in [-0.05, 0) is 26.0 Å². The Labute approximate surface area is 66.8 Å². The van der Waals surface area contributed by atoms with Gasteiger partial charge in [-0.3, -0.25) is 0 Å². The quantitative estimate of drug-likeness (QED) is 0.685. The lowest BCUT2D eigenvalue weighted by molar-refractivity contribution is 0.457. The largest absolute Gasteiger partial charge is 0.465 e. The van der Waals surface area contributed by atoms with Crippen molar-refractivity contribution in [2.75, 3.05) is 0 Å². The zero-order valence-corrected chi connectivity index (χ0v) is 6.94. The molecule has 0 aliphatic rings. The predicted molar refractivity (Wildman–Crippen MR) is 43.3 cm³/mol. The van der Waals surface area contributed by atoms with E-state index in [4.69, 9.17) is 10.2 Å². The molecule has 0 spiro atoms. The number of hydrogen-bond donors (Lipinski definition) is 1. The molecule has 10 heavy (non-hydrogen) atoms. The minimum atomic E-state index is 0. The Hall–Kier alpha value is -0.470. The highest BCUT2D eigenvalue weighted by molar-refractivity contribution is 5.85. The molecule has 2 N–H and O–H groups in total. The first kappa shape index (κ1) is 9.53. The molecule has 0 saturated heterocycles. The summed E-state index contributed by atoms with van der Waals surface area (Å²) in [5, 5.41) is 0. The van der Waals surface area contributed by atoms with Crippen molar-refractivity contribution in [3.8, 4) is 0 Å². The molecule has 1 aromatic rings. The van der Waals surface area contributed by atoms with E-state index in [-0.39, 0.29) is 18.4 Å². The molecule has 0 saturated carbocycles. The van der Waals surface area contributed by atoms with E-state index in [9.17, 15) is 0 Å². The third-order valence-electron chi connectivity index (χ3n) is 1.21. The number of nitrogens with two attached hydrogens (primary N) is 1. The van der Waals surface area contributed by atoms with Crippen LogP contribution >= 0.6 is 12.4 Å². The molecule has 1 unspecified atom stereocenters. The summed E-state index contributed by atoms with van der Waals surface area (Å²) in [6.45, 7) is 3.81. The highest BCUT2D eigenvalue weighted by Gasteiger charge is 2.01. The molecular formula is C7H12ClNO. The van der Waals surface area contributed by atoms with E-state index >= 15 is 0 Å². The molecule has 1 rings (SSSR count). The maximum atomic E-state index is 5.53. The molecule has 58 valence electrons. The summed E-state index contributed by atoms with van der Waals surface area (Å²) in [4.78, 5) is 0. The van der Waals surface area contributed by atoms with Gasteiger partial charge < -0.3 is 10.2 Å². The average molecular weight is 162 g/mol. The normalized spacial score (nSPS) is 12.3. The highest BCUT2D eigenvalue weighted by Crippen LogP contribution is 2.12. The molecule has 2 nitrogen and oxygen atoms in total. The highest BCUT2D eigenvalue weighted by atomic mass is 35.5. The molecule has 0 aliphatic heterocycles. The molecule has 0 bridgehead atoms. The first-order chi connectivity index (χ1) is 4.20. The minimum absolute atomic E-state index is 0. The van der Waals surface area contributed by atoms with Crippen molar-refractivity contribution in [3.05, 3.63) is 23.7 Å². The van der Waals surface area contributed by atoms with Crippen LogP contribution in [0.3, 0.4) is 0 Å². The second-order valence-electron chi connectivity index (χ2n) is 2.24. The van der Waals surface area contributed by atoms with Crippen LogP contribution in [-0.2, 0) is 0 Å². The van der Waals surface area contributed by atoms with Crippen LogP contribution in [0.15, 0.2) is 16.5 Å². The lowest BCUT2D eigenvalue weighted by atomic mass is 10.3. The van der Waals surface area contributed by atoms with Crippen molar-refractivity contribution in [1.29, 1.82) is 0 Å². The minimum Gasteiger partial charge on any atom is -0.465 e. The fraction of sp³-hybridized carbons (Fsp3) is 0.429. The lowest BCUT2D eigenvalue weighted by Gasteiger charge is -1.96. The first-order valence-corrected chi connectivity index (χ1v) is 3.02. The van der Waals surface area contributed by atoms with E-state index in [0.717, 1.165) is 11.5 Å². The van der Waals surface area contributed by atoms with Crippen LogP contribution in [-0.4, -0.2) is 0 Å². The maximum Gasteiger partial charge on any atom is 0.120 e. The van der Waals surface area contributed by atoms with Gasteiger partial charge in [0.25, 0.3) is 0 Å². The molecule has 1 heterocycles. The van der Waals surface area contributed by atoms with Crippen LogP contribution in [0, 0.1) is 6.92 Å². The van der Waals surface area contributed by atoms with E-state index in [1.807, 2.05) is 26.0 Å². The topological polar surface area (TPSA) is 39.2 Å². The molecule has 1 atom stereocenters. The Bertz CT molecular complexity index is 195. The van der Waals surface area contributed by atoms with E-state index in [1.54, 1.807) is 0 Å². The summed E-state index contributed by atoms with van der Waals surface area (Å²) < 4.78 is 5.22. The van der Waals surface area contributed by atoms with Crippen LogP contribution in [0.5, 0.6) is 0 Å². The molecule has 0 aromatic carbocycles. The third-order valence-corrected chi connectivity index (χ3v) is 1.21. The number of halogens is 1. The molecule has 3 heteroatoms. The van der Waals surface area contributed by atoms with Crippen molar-refractivity contribution < 1.29 is 4.42 Å². The van der Waals surface area contributed by atoms with E-state index in [2.05, 4.69) is 0 Å². The Morgan fingerprint density at radius 3 is 2.30 bits per heavy atom. The molecule has 0 amide bonds. The number of furan rings is 1. The summed E-state index contributed by atoms with van der Waals surface area (Å²) in [5.41, 5.74) is 5.53. The van der Waals surface area contributed by atoms with Crippen molar-refractivity contribution in [2.45, 2.75) is 19.9 Å². The lowest BCUT2D eigenvalue weighted by Crippen LogP contribution is -2.02. The van der Waals surface area contributed by atoms with Gasteiger partial charge in [-0.25, -0.2) is 0 Å². The van der Waals surface area contributed by atoms with Gasteiger partial charge in [0.2, 0.25) is 0 Å². The van der Waals surface area contributed by atoms with Gasteiger partial charge in [0.05, 0.1) is 6.04 Å². The van der Waals surface area contributed by atoms with Crippen LogP contribution in [0.2, 0.25) is 0 Å². The Kier molecular flexibility index (Phi) is 3.47. The fourth-order valence-electron chi connectivity index (χ4n) is 0.698. The molecular weight excluding hydrogens is 150 g/mol. The summed E-state index contributed by atoms with van der Waals surface area (Å²) in [6, 6.07) is 3.83. The Morgan fingerprint density at radius 1 is 1.50 bits per heavy atom. The SMILES string of the molecule is Cc1ccc(C(C)N)o1.Cl. The zero-order valence-electron chi connectivity index (χ0n) is 6.13. The predicted octanol–water partition coefficient (Wildman–Crippen LogP) is 2.03. The fourth-order valence-corrected chi connectivity index (χ4v) is 0.698. The van der Waals surface area contributed by atoms with Crippen molar-refractivity contribution >= 4 is 12.4 Å². The van der Waals surface area contributed by atoms with Crippen molar-refractivity contribution in [3.63, 3.8) is 0 Å². The van der Waals surface area contributed by atoms with Crippen LogP contribution in [0.1, 0.15) is 24.5 Å². The number of hydrogen-bond acceptors (Lipinski definition) is 2. The Morgan fingerprint density at radius 2 is 2.10 bits per heavy atom. The van der Waals surface area contributed by atoms with Crippen molar-refractivity contribution in [1.82, 2.24) is 0 Å². The van der Waals surface area contributed by atoms with Gasteiger partial charge in [0.15, 0.2) is 0 Å². The van der Waals surface area contributed by atoms with E-state index in [0.29, 0.717) is 0 Å². The van der Waals surface area contributed by atoms with Crippen LogP contribution in [0.25, 0.3) is 0 Å². The summed E-state index contributed by atoms with van der Waals surface area (Å²) in [5.74, 6) is 1.77. The monoisotopic (exact) mass is 161 g/mol. The van der Waals surface area contributed by atoms with Gasteiger partial charge in [-0.2, -0.15) is 0 Å². The summed E-state index contributed by atoms with van der Waals surface area (Å²) in [7, 11) is 0. The molecule has 1 aromatic heterocycles. The maximum absolute atomic E-state index is 5.53. The third kappa shape index (κ3) is 2.05. The molecule has 0 fully saturated rings. The standard InChI is InChI=1S/C7H11NO.ClH/c1-5-3-4-7(9-5)6(2)8;/h3-4,6H,8H2,1-2H3;1H. The van der Waals surface area contributed by atoms with Gasteiger partial charge in [0, 0.05) is 0 Å². The number of rotatable bonds is 1. The first-order valence-electron chi connectivity index (χ1n) is 3.02. The zero-order chi connectivity index (χ0) is 6.85. The molecule has 0 radical (unpaired) electrons. The van der Waals surface area contributed by atoms with Crippen molar-refractivity contribution in [2.24, 2.45) is 5.73 Å². The van der Waals surface area contributed by atoms with Crippen LogP contribution < -0.4 is 5.73 Å². The summed E-state index contributed by atoms with van der Waals surface area (Å²) in [6.07, 6.45) is 0. The second-order valence-corrected chi connectivity index (χ2v) is 2.24. The number of aryl methyl sites for hydroxylation is 1. The van der Waals surface area contributed by atoms with Gasteiger partial charge >= 0.3 is 0 Å².